The van der Waals surface area contributed by atoms with Crippen molar-refractivity contribution < 1.29 is 13.6 Å². The van der Waals surface area contributed by atoms with Crippen LogP contribution in [0.2, 0.25) is 0 Å². The van der Waals surface area contributed by atoms with Gasteiger partial charge >= 0.3 is 0 Å². The summed E-state index contributed by atoms with van der Waals surface area (Å²) in [5.41, 5.74) is 4.55. The predicted molar refractivity (Wildman–Crippen MR) is 84.8 cm³/mol. The quantitative estimate of drug-likeness (QED) is 0.320. The van der Waals surface area contributed by atoms with Gasteiger partial charge in [0.25, 0.3) is 0 Å². The molecule has 0 spiro atoms. The first kappa shape index (κ1) is 18.2. The monoisotopic (exact) mass is 319 g/mol. The standard InChI is InChI=1S/C14H29N3O3S/c1-13(2,3)11-21(19,20)17-14(12(15)16-18)9-7-5-4-6-8-10-14/h17-18H,4-11H2,1-3H3,(H2,15,16). The first-order chi connectivity index (χ1) is 9.60. The summed E-state index contributed by atoms with van der Waals surface area (Å²) in [6.45, 7) is 5.63. The van der Waals surface area contributed by atoms with Gasteiger partial charge in [-0.15, -0.1) is 0 Å². The largest absolute Gasteiger partial charge is 0.409 e. The fourth-order valence-electron chi connectivity index (χ4n) is 2.92. The number of nitrogens with two attached hydrogens (primary N) is 1. The first-order valence-electron chi connectivity index (χ1n) is 7.60. The van der Waals surface area contributed by atoms with Gasteiger partial charge in [-0.25, -0.2) is 13.1 Å². The summed E-state index contributed by atoms with van der Waals surface area (Å²) < 4.78 is 27.6. The van der Waals surface area contributed by atoms with Gasteiger partial charge in [0, 0.05) is 0 Å². The molecule has 0 aromatic carbocycles. The topological polar surface area (TPSA) is 105 Å². The van der Waals surface area contributed by atoms with Crippen molar-refractivity contribution in [1.82, 2.24) is 4.72 Å². The van der Waals surface area contributed by atoms with Crippen molar-refractivity contribution >= 4 is 15.9 Å². The Balaban J connectivity index is 3.02. The van der Waals surface area contributed by atoms with Gasteiger partial charge in [0.05, 0.1) is 11.3 Å². The SMILES string of the molecule is CC(C)(C)CS(=O)(=O)NC1(C(N)=NO)CCCCCCC1. The summed E-state index contributed by atoms with van der Waals surface area (Å²) in [5, 5.41) is 12.2. The molecule has 0 aromatic heterocycles. The van der Waals surface area contributed by atoms with Crippen molar-refractivity contribution in [2.75, 3.05) is 5.75 Å². The summed E-state index contributed by atoms with van der Waals surface area (Å²) in [7, 11) is -3.50. The lowest BCUT2D eigenvalue weighted by Gasteiger charge is -2.35. The normalized spacial score (nSPS) is 21.6. The van der Waals surface area contributed by atoms with E-state index in [0.717, 1.165) is 32.1 Å². The molecule has 1 aliphatic rings. The van der Waals surface area contributed by atoms with E-state index in [4.69, 9.17) is 10.9 Å². The molecule has 0 saturated heterocycles. The van der Waals surface area contributed by atoms with Crippen LogP contribution in [0.4, 0.5) is 0 Å². The Morgan fingerprint density at radius 3 is 2.10 bits per heavy atom. The second kappa shape index (κ2) is 6.96. The van der Waals surface area contributed by atoms with E-state index in [1.807, 2.05) is 20.8 Å². The highest BCUT2D eigenvalue weighted by atomic mass is 32.2. The minimum Gasteiger partial charge on any atom is -0.409 e. The van der Waals surface area contributed by atoms with E-state index in [2.05, 4.69) is 9.88 Å². The minimum absolute atomic E-state index is 0.0143. The Kier molecular flexibility index (Phi) is 6.04. The number of sulfonamides is 1. The molecule has 7 heteroatoms. The van der Waals surface area contributed by atoms with E-state index in [0.29, 0.717) is 12.8 Å². The van der Waals surface area contributed by atoms with Crippen LogP contribution in [0.15, 0.2) is 5.16 Å². The van der Waals surface area contributed by atoms with E-state index in [1.165, 1.54) is 0 Å². The zero-order chi connectivity index (χ0) is 16.1. The Bertz CT molecular complexity index is 458. The number of hydrogen-bond acceptors (Lipinski definition) is 4. The predicted octanol–water partition coefficient (Wildman–Crippen LogP) is 2.18. The average molecular weight is 319 g/mol. The molecule has 0 amide bonds. The fraction of sp³-hybridized carbons (Fsp3) is 0.929. The van der Waals surface area contributed by atoms with Crippen LogP contribution in [0.5, 0.6) is 0 Å². The maximum absolute atomic E-state index is 12.4. The van der Waals surface area contributed by atoms with Crippen LogP contribution in [0.1, 0.15) is 65.7 Å². The second-order valence-corrected chi connectivity index (χ2v) is 8.98. The van der Waals surface area contributed by atoms with Crippen molar-refractivity contribution in [3.8, 4) is 0 Å². The first-order valence-corrected chi connectivity index (χ1v) is 9.25. The highest BCUT2D eigenvalue weighted by Crippen LogP contribution is 2.28. The van der Waals surface area contributed by atoms with Gasteiger partial charge in [0.1, 0.15) is 0 Å². The van der Waals surface area contributed by atoms with Crippen LogP contribution in [-0.2, 0) is 10.0 Å². The number of nitrogens with zero attached hydrogens (tertiary/aromatic N) is 1. The lowest BCUT2D eigenvalue weighted by Crippen LogP contribution is -2.58. The molecule has 0 heterocycles. The van der Waals surface area contributed by atoms with E-state index in [-0.39, 0.29) is 17.0 Å². The third-order valence-corrected chi connectivity index (χ3v) is 5.73. The van der Waals surface area contributed by atoms with Gasteiger partial charge in [-0.3, -0.25) is 0 Å². The Labute approximate surface area is 128 Å². The molecule has 0 radical (unpaired) electrons. The minimum atomic E-state index is -3.50. The molecule has 21 heavy (non-hydrogen) atoms. The Hall–Kier alpha value is -0.820. The molecule has 0 aliphatic heterocycles. The molecular weight excluding hydrogens is 290 g/mol. The van der Waals surface area contributed by atoms with Crippen molar-refractivity contribution in [2.24, 2.45) is 16.3 Å². The molecule has 1 aliphatic carbocycles. The number of rotatable bonds is 4. The van der Waals surface area contributed by atoms with Crippen LogP contribution >= 0.6 is 0 Å². The molecule has 0 bridgehead atoms. The number of nitrogens with one attached hydrogen (secondary N) is 1. The number of amidine groups is 1. The summed E-state index contributed by atoms with van der Waals surface area (Å²) >= 11 is 0. The second-order valence-electron chi connectivity index (χ2n) is 7.26. The molecule has 1 saturated carbocycles. The number of hydrogen-bond donors (Lipinski definition) is 3. The van der Waals surface area contributed by atoms with Crippen LogP contribution in [0, 0.1) is 5.41 Å². The summed E-state index contributed by atoms with van der Waals surface area (Å²) in [4.78, 5) is 0. The lowest BCUT2D eigenvalue weighted by molar-refractivity contribution is 0.298. The zero-order valence-electron chi connectivity index (χ0n) is 13.4. The smallest absolute Gasteiger partial charge is 0.213 e. The van der Waals surface area contributed by atoms with E-state index in [1.54, 1.807) is 0 Å². The number of oxime groups is 1. The van der Waals surface area contributed by atoms with Crippen LogP contribution in [0.3, 0.4) is 0 Å². The van der Waals surface area contributed by atoms with E-state index in [9.17, 15) is 8.42 Å². The van der Waals surface area contributed by atoms with Crippen molar-refractivity contribution in [3.63, 3.8) is 0 Å². The summed E-state index contributed by atoms with van der Waals surface area (Å²) in [5.74, 6) is -0.0117. The third-order valence-electron chi connectivity index (χ3n) is 3.78. The molecule has 1 rings (SSSR count). The zero-order valence-corrected chi connectivity index (χ0v) is 14.2. The highest BCUT2D eigenvalue weighted by Gasteiger charge is 2.39. The fourth-order valence-corrected chi connectivity index (χ4v) is 5.04. The van der Waals surface area contributed by atoms with Crippen molar-refractivity contribution in [1.29, 1.82) is 0 Å². The van der Waals surface area contributed by atoms with Crippen LogP contribution < -0.4 is 10.5 Å². The molecule has 0 unspecified atom stereocenters. The van der Waals surface area contributed by atoms with Crippen molar-refractivity contribution in [2.45, 2.75) is 71.3 Å². The van der Waals surface area contributed by atoms with Gasteiger partial charge in [-0.2, -0.15) is 0 Å². The summed E-state index contributed by atoms with van der Waals surface area (Å²) in [6.07, 6.45) is 6.13. The maximum atomic E-state index is 12.4. The molecule has 124 valence electrons. The highest BCUT2D eigenvalue weighted by molar-refractivity contribution is 7.89. The molecular formula is C14H29N3O3S. The maximum Gasteiger partial charge on any atom is 0.213 e. The Morgan fingerprint density at radius 2 is 1.67 bits per heavy atom. The van der Waals surface area contributed by atoms with Gasteiger partial charge in [-0.05, 0) is 18.3 Å². The third kappa shape index (κ3) is 5.82. The lowest BCUT2D eigenvalue weighted by atomic mass is 9.84. The van der Waals surface area contributed by atoms with Crippen LogP contribution in [0.25, 0.3) is 0 Å². The van der Waals surface area contributed by atoms with Crippen LogP contribution in [-0.4, -0.2) is 30.8 Å². The van der Waals surface area contributed by atoms with Crippen molar-refractivity contribution in [3.05, 3.63) is 0 Å². The van der Waals surface area contributed by atoms with Gasteiger partial charge in [-0.1, -0.05) is 58.0 Å². The molecule has 0 aromatic rings. The summed E-state index contributed by atoms with van der Waals surface area (Å²) in [6, 6.07) is 0. The molecule has 6 nitrogen and oxygen atoms in total. The molecule has 0 atom stereocenters. The van der Waals surface area contributed by atoms with E-state index >= 15 is 0 Å². The van der Waals surface area contributed by atoms with Gasteiger partial charge < -0.3 is 10.9 Å². The molecule has 1 fully saturated rings. The molecule has 4 N–H and O–H groups in total. The Morgan fingerprint density at radius 1 is 1.19 bits per heavy atom. The van der Waals surface area contributed by atoms with Gasteiger partial charge in [0.15, 0.2) is 5.84 Å². The average Bonchev–Trinajstić information content (AvgIpc) is 2.28. The van der Waals surface area contributed by atoms with E-state index < -0.39 is 15.6 Å². The van der Waals surface area contributed by atoms with Gasteiger partial charge in [0.2, 0.25) is 10.0 Å².